The van der Waals surface area contributed by atoms with Crippen LogP contribution in [0.5, 0.6) is 5.75 Å². The third-order valence-electron chi connectivity index (χ3n) is 2.85. The van der Waals surface area contributed by atoms with Crippen LogP contribution in [0.15, 0.2) is 36.8 Å². The second kappa shape index (κ2) is 7.35. The fourth-order valence-corrected chi connectivity index (χ4v) is 1.83. The van der Waals surface area contributed by atoms with Gasteiger partial charge in [0.25, 0.3) is 0 Å². The minimum Gasteiger partial charge on any atom is -0.492 e. The molecule has 1 heterocycles. The maximum absolute atomic E-state index is 11.0. The zero-order valence-corrected chi connectivity index (χ0v) is 11.7. The van der Waals surface area contributed by atoms with E-state index in [-0.39, 0.29) is 5.56 Å². The summed E-state index contributed by atoms with van der Waals surface area (Å²) in [6.45, 7) is 3.46. The molecule has 0 bridgehead atoms. The summed E-state index contributed by atoms with van der Waals surface area (Å²) < 4.78 is 5.59. The van der Waals surface area contributed by atoms with E-state index in [2.05, 4.69) is 15.3 Å². The molecule has 0 fully saturated rings. The van der Waals surface area contributed by atoms with Gasteiger partial charge in [0.2, 0.25) is 0 Å². The Labute approximate surface area is 122 Å². The summed E-state index contributed by atoms with van der Waals surface area (Å²) in [5.74, 6) is -0.200. The SMILES string of the molecule is Cc1cccc(OCCNCc2ncncc2C(=O)O)c1. The second-order valence-corrected chi connectivity index (χ2v) is 4.53. The molecule has 2 N–H and O–H groups in total. The van der Waals surface area contributed by atoms with Crippen LogP contribution in [0.3, 0.4) is 0 Å². The highest BCUT2D eigenvalue weighted by Crippen LogP contribution is 2.11. The van der Waals surface area contributed by atoms with Crippen molar-refractivity contribution in [1.82, 2.24) is 15.3 Å². The van der Waals surface area contributed by atoms with Crippen molar-refractivity contribution in [2.45, 2.75) is 13.5 Å². The van der Waals surface area contributed by atoms with Crippen LogP contribution in [0.1, 0.15) is 21.6 Å². The maximum atomic E-state index is 11.0. The van der Waals surface area contributed by atoms with E-state index in [0.29, 0.717) is 25.4 Å². The predicted octanol–water partition coefficient (Wildman–Crippen LogP) is 1.65. The van der Waals surface area contributed by atoms with E-state index in [1.165, 1.54) is 12.5 Å². The first-order chi connectivity index (χ1) is 10.2. The van der Waals surface area contributed by atoms with Crippen molar-refractivity contribution in [3.63, 3.8) is 0 Å². The third-order valence-corrected chi connectivity index (χ3v) is 2.85. The summed E-state index contributed by atoms with van der Waals surface area (Å²) in [7, 11) is 0. The molecule has 6 nitrogen and oxygen atoms in total. The molecule has 6 heteroatoms. The lowest BCUT2D eigenvalue weighted by Gasteiger charge is -2.08. The van der Waals surface area contributed by atoms with Gasteiger partial charge in [-0.05, 0) is 24.6 Å². The molecule has 2 rings (SSSR count). The van der Waals surface area contributed by atoms with Crippen LogP contribution in [0.25, 0.3) is 0 Å². The van der Waals surface area contributed by atoms with Crippen molar-refractivity contribution >= 4 is 5.97 Å². The summed E-state index contributed by atoms with van der Waals surface area (Å²) >= 11 is 0. The highest BCUT2D eigenvalue weighted by Gasteiger charge is 2.10. The Bertz CT molecular complexity index is 617. The standard InChI is InChI=1S/C15H17N3O3/c1-11-3-2-4-12(7-11)21-6-5-16-9-14-13(15(19)20)8-17-10-18-14/h2-4,7-8,10,16H,5-6,9H2,1H3,(H,19,20). The van der Waals surface area contributed by atoms with E-state index in [4.69, 9.17) is 9.84 Å². The van der Waals surface area contributed by atoms with Gasteiger partial charge in [-0.1, -0.05) is 12.1 Å². The number of benzene rings is 1. The predicted molar refractivity (Wildman–Crippen MR) is 77.4 cm³/mol. The van der Waals surface area contributed by atoms with Gasteiger partial charge >= 0.3 is 5.97 Å². The number of hydrogen-bond donors (Lipinski definition) is 2. The van der Waals surface area contributed by atoms with Crippen LogP contribution in [-0.4, -0.2) is 34.2 Å². The molecular formula is C15H17N3O3. The summed E-state index contributed by atoms with van der Waals surface area (Å²) in [4.78, 5) is 18.7. The summed E-state index contributed by atoms with van der Waals surface area (Å²) in [6, 6.07) is 7.82. The second-order valence-electron chi connectivity index (χ2n) is 4.53. The molecule has 0 amide bonds. The highest BCUT2D eigenvalue weighted by atomic mass is 16.5. The number of carboxylic acid groups (broad SMARTS) is 1. The van der Waals surface area contributed by atoms with Gasteiger partial charge in [-0.2, -0.15) is 0 Å². The van der Waals surface area contributed by atoms with Gasteiger partial charge in [0.05, 0.1) is 5.69 Å². The first-order valence-corrected chi connectivity index (χ1v) is 6.59. The molecule has 1 aromatic heterocycles. The van der Waals surface area contributed by atoms with Gasteiger partial charge < -0.3 is 15.2 Å². The van der Waals surface area contributed by atoms with Crippen molar-refractivity contribution < 1.29 is 14.6 Å². The number of aromatic carboxylic acids is 1. The third kappa shape index (κ3) is 4.54. The van der Waals surface area contributed by atoms with E-state index in [0.717, 1.165) is 11.3 Å². The van der Waals surface area contributed by atoms with E-state index >= 15 is 0 Å². The normalized spacial score (nSPS) is 10.3. The summed E-state index contributed by atoms with van der Waals surface area (Å²) in [6.07, 6.45) is 2.64. The van der Waals surface area contributed by atoms with Gasteiger partial charge in [0.1, 0.15) is 24.2 Å². The van der Waals surface area contributed by atoms with Crippen LogP contribution in [0.4, 0.5) is 0 Å². The van der Waals surface area contributed by atoms with Crippen molar-refractivity contribution in [1.29, 1.82) is 0 Å². The molecule has 0 saturated heterocycles. The monoisotopic (exact) mass is 287 g/mol. The van der Waals surface area contributed by atoms with Gasteiger partial charge in [0.15, 0.2) is 0 Å². The van der Waals surface area contributed by atoms with Crippen molar-refractivity contribution in [3.8, 4) is 5.75 Å². The molecule has 0 aliphatic rings. The van der Waals surface area contributed by atoms with Crippen LogP contribution >= 0.6 is 0 Å². The van der Waals surface area contributed by atoms with Crippen LogP contribution in [-0.2, 0) is 6.54 Å². The topological polar surface area (TPSA) is 84.3 Å². The first kappa shape index (κ1) is 14.9. The van der Waals surface area contributed by atoms with E-state index in [1.54, 1.807) is 0 Å². The highest BCUT2D eigenvalue weighted by molar-refractivity contribution is 5.88. The number of aromatic nitrogens is 2. The van der Waals surface area contributed by atoms with Crippen molar-refractivity contribution in [2.75, 3.05) is 13.2 Å². The van der Waals surface area contributed by atoms with Gasteiger partial charge in [-0.15, -0.1) is 0 Å². The minimum atomic E-state index is -1.02. The molecule has 1 aromatic carbocycles. The molecule has 0 aliphatic heterocycles. The average Bonchev–Trinajstić information content (AvgIpc) is 2.47. The molecule has 0 radical (unpaired) electrons. The van der Waals surface area contributed by atoms with Gasteiger partial charge in [-0.3, -0.25) is 0 Å². The average molecular weight is 287 g/mol. The lowest BCUT2D eigenvalue weighted by molar-refractivity contribution is 0.0694. The van der Waals surface area contributed by atoms with Crippen LogP contribution < -0.4 is 10.1 Å². The first-order valence-electron chi connectivity index (χ1n) is 6.59. The zero-order chi connectivity index (χ0) is 15.1. The maximum Gasteiger partial charge on any atom is 0.339 e. The number of ether oxygens (including phenoxy) is 1. The number of carbonyl (C=O) groups is 1. The Hall–Kier alpha value is -2.47. The Morgan fingerprint density at radius 2 is 2.29 bits per heavy atom. The number of nitrogens with zero attached hydrogens (tertiary/aromatic N) is 2. The van der Waals surface area contributed by atoms with Gasteiger partial charge in [0, 0.05) is 19.3 Å². The number of aryl methyl sites for hydroxylation is 1. The molecule has 0 spiro atoms. The van der Waals surface area contributed by atoms with Gasteiger partial charge in [-0.25, -0.2) is 14.8 Å². The largest absolute Gasteiger partial charge is 0.492 e. The quantitative estimate of drug-likeness (QED) is 0.753. The van der Waals surface area contributed by atoms with E-state index in [9.17, 15) is 4.79 Å². The van der Waals surface area contributed by atoms with Crippen molar-refractivity contribution in [2.24, 2.45) is 0 Å². The van der Waals surface area contributed by atoms with Crippen molar-refractivity contribution in [3.05, 3.63) is 53.6 Å². The lowest BCUT2D eigenvalue weighted by Crippen LogP contribution is -2.22. The molecule has 110 valence electrons. The fourth-order valence-electron chi connectivity index (χ4n) is 1.83. The Kier molecular flexibility index (Phi) is 5.22. The molecule has 0 atom stereocenters. The minimum absolute atomic E-state index is 0.115. The fraction of sp³-hybridized carbons (Fsp3) is 0.267. The summed E-state index contributed by atoms with van der Waals surface area (Å²) in [5, 5.41) is 12.1. The van der Waals surface area contributed by atoms with Crippen LogP contribution in [0, 0.1) is 6.92 Å². The number of nitrogens with one attached hydrogen (secondary N) is 1. The van der Waals surface area contributed by atoms with E-state index < -0.39 is 5.97 Å². The molecule has 2 aromatic rings. The van der Waals surface area contributed by atoms with E-state index in [1.807, 2.05) is 31.2 Å². The summed E-state index contributed by atoms with van der Waals surface area (Å²) in [5.41, 5.74) is 1.73. The molecule has 0 unspecified atom stereocenters. The number of hydrogen-bond acceptors (Lipinski definition) is 5. The zero-order valence-electron chi connectivity index (χ0n) is 11.7. The molecular weight excluding hydrogens is 270 g/mol. The molecule has 0 saturated carbocycles. The Balaban J connectivity index is 1.76. The lowest BCUT2D eigenvalue weighted by atomic mass is 10.2. The Morgan fingerprint density at radius 3 is 3.05 bits per heavy atom. The Morgan fingerprint density at radius 1 is 1.43 bits per heavy atom. The number of rotatable bonds is 7. The smallest absolute Gasteiger partial charge is 0.339 e. The number of carboxylic acids is 1. The molecule has 21 heavy (non-hydrogen) atoms. The van der Waals surface area contributed by atoms with Crippen LogP contribution in [0.2, 0.25) is 0 Å². The molecule has 0 aliphatic carbocycles.